The van der Waals surface area contributed by atoms with E-state index in [0.29, 0.717) is 11.7 Å². The fraction of sp³-hybridized carbons (Fsp3) is 0.348. The van der Waals surface area contributed by atoms with Gasteiger partial charge in [-0.05, 0) is 48.4 Å². The van der Waals surface area contributed by atoms with Gasteiger partial charge in [-0.2, -0.15) is 4.98 Å². The van der Waals surface area contributed by atoms with Crippen LogP contribution < -0.4 is 10.1 Å². The Morgan fingerprint density at radius 1 is 1.14 bits per heavy atom. The summed E-state index contributed by atoms with van der Waals surface area (Å²) in [6, 6.07) is 15.3. The van der Waals surface area contributed by atoms with E-state index >= 15 is 0 Å². The van der Waals surface area contributed by atoms with Gasteiger partial charge in [0.2, 0.25) is 11.7 Å². The molecule has 1 amide bonds. The Bertz CT molecular complexity index is 982. The minimum atomic E-state index is -0.379. The molecule has 1 aliphatic rings. The van der Waals surface area contributed by atoms with E-state index in [0.717, 1.165) is 24.2 Å². The molecule has 6 heteroatoms. The first-order chi connectivity index (χ1) is 14.1. The van der Waals surface area contributed by atoms with Crippen molar-refractivity contribution in [2.75, 3.05) is 6.61 Å². The molecule has 1 heterocycles. The number of hydrogen-bond donors (Lipinski definition) is 1. The van der Waals surface area contributed by atoms with Gasteiger partial charge in [-0.3, -0.25) is 4.79 Å². The van der Waals surface area contributed by atoms with Crippen molar-refractivity contribution in [3.05, 3.63) is 65.5 Å². The Balaban J connectivity index is 1.39. The van der Waals surface area contributed by atoms with Gasteiger partial charge in [0, 0.05) is 5.56 Å². The Morgan fingerprint density at radius 2 is 1.93 bits per heavy atom. The molecule has 0 unspecified atom stereocenters. The zero-order valence-electron chi connectivity index (χ0n) is 16.7. The summed E-state index contributed by atoms with van der Waals surface area (Å²) < 4.78 is 11.1. The highest BCUT2D eigenvalue weighted by Crippen LogP contribution is 2.26. The van der Waals surface area contributed by atoms with Gasteiger partial charge < -0.3 is 14.6 Å². The highest BCUT2D eigenvalue weighted by molar-refractivity contribution is 5.78. The van der Waals surface area contributed by atoms with Crippen LogP contribution in [0.5, 0.6) is 5.75 Å². The Labute approximate surface area is 170 Å². The van der Waals surface area contributed by atoms with Crippen molar-refractivity contribution in [1.82, 2.24) is 15.5 Å². The maximum Gasteiger partial charge on any atom is 0.258 e. The molecule has 1 aliphatic carbocycles. The molecule has 2 aromatic carbocycles. The number of aryl methyl sites for hydroxylation is 2. The Hall–Kier alpha value is -3.15. The average Bonchev–Trinajstić information content (AvgIpc) is 3.40. The maximum absolute atomic E-state index is 12.5. The van der Waals surface area contributed by atoms with E-state index in [4.69, 9.17) is 9.26 Å². The quantitative estimate of drug-likeness (QED) is 0.656. The highest BCUT2D eigenvalue weighted by atomic mass is 16.5. The predicted molar refractivity (Wildman–Crippen MR) is 109 cm³/mol. The van der Waals surface area contributed by atoms with E-state index in [9.17, 15) is 4.79 Å². The monoisotopic (exact) mass is 391 g/mol. The molecule has 0 fully saturated rings. The summed E-state index contributed by atoms with van der Waals surface area (Å²) in [5.41, 5.74) is 3.57. The molecule has 1 atom stereocenters. The van der Waals surface area contributed by atoms with Gasteiger partial charge in [0.05, 0.1) is 0 Å². The molecule has 0 radical (unpaired) electrons. The summed E-state index contributed by atoms with van der Waals surface area (Å²) in [5, 5.41) is 7.02. The van der Waals surface area contributed by atoms with Crippen molar-refractivity contribution in [3.63, 3.8) is 0 Å². The highest BCUT2D eigenvalue weighted by Gasteiger charge is 2.25. The Morgan fingerprint density at radius 3 is 2.72 bits per heavy atom. The van der Waals surface area contributed by atoms with E-state index in [1.807, 2.05) is 56.3 Å². The van der Waals surface area contributed by atoms with Gasteiger partial charge in [-0.1, -0.05) is 55.4 Å². The standard InChI is InChI=1S/C23H25N3O3/c1-15(2)21(23-25-22(26-29-23)17-7-4-3-5-8-17)24-20(27)14-28-19-12-11-16-9-6-10-18(16)13-19/h3-5,7-8,11-13,15,21H,6,9-10,14H2,1-2H3,(H,24,27)/t21-/m1/s1. The van der Waals surface area contributed by atoms with Gasteiger partial charge in [0.25, 0.3) is 5.91 Å². The second kappa shape index (κ2) is 8.47. The van der Waals surface area contributed by atoms with Crippen molar-refractivity contribution in [2.45, 2.75) is 39.2 Å². The normalized spacial score (nSPS) is 13.9. The summed E-state index contributed by atoms with van der Waals surface area (Å²) in [5.74, 6) is 1.50. The largest absolute Gasteiger partial charge is 0.484 e. The van der Waals surface area contributed by atoms with Crippen molar-refractivity contribution >= 4 is 5.91 Å². The molecule has 0 saturated carbocycles. The number of nitrogens with one attached hydrogen (secondary N) is 1. The first-order valence-electron chi connectivity index (χ1n) is 10.0. The third-order valence-corrected chi connectivity index (χ3v) is 5.16. The topological polar surface area (TPSA) is 77.2 Å². The number of hydrogen-bond acceptors (Lipinski definition) is 5. The third kappa shape index (κ3) is 4.47. The minimum Gasteiger partial charge on any atom is -0.484 e. The molecule has 3 aromatic rings. The van der Waals surface area contributed by atoms with Gasteiger partial charge in [-0.15, -0.1) is 0 Å². The molecule has 0 aliphatic heterocycles. The van der Waals surface area contributed by atoms with Crippen LogP contribution in [0.4, 0.5) is 0 Å². The maximum atomic E-state index is 12.5. The summed E-state index contributed by atoms with van der Waals surface area (Å²) in [6.45, 7) is 3.94. The number of fused-ring (bicyclic) bond motifs is 1. The second-order valence-corrected chi connectivity index (χ2v) is 7.68. The zero-order chi connectivity index (χ0) is 20.2. The number of nitrogens with zero attached hydrogens (tertiary/aromatic N) is 2. The predicted octanol–water partition coefficient (Wildman–Crippen LogP) is 4.12. The van der Waals surface area contributed by atoms with Crippen LogP contribution in [0.1, 0.15) is 43.3 Å². The number of aromatic nitrogens is 2. The number of rotatable bonds is 7. The molecule has 0 saturated heterocycles. The van der Waals surface area contributed by atoms with E-state index in [-0.39, 0.29) is 24.5 Å². The lowest BCUT2D eigenvalue weighted by atomic mass is 10.0. The molecule has 29 heavy (non-hydrogen) atoms. The molecule has 1 N–H and O–H groups in total. The Kier molecular flexibility index (Phi) is 5.60. The molecule has 0 bridgehead atoms. The van der Waals surface area contributed by atoms with Crippen LogP contribution in [0.15, 0.2) is 53.1 Å². The number of benzene rings is 2. The number of carbonyl (C=O) groups is 1. The van der Waals surface area contributed by atoms with E-state index in [2.05, 4.69) is 21.5 Å². The first-order valence-corrected chi connectivity index (χ1v) is 10.0. The fourth-order valence-electron chi connectivity index (χ4n) is 3.58. The lowest BCUT2D eigenvalue weighted by Gasteiger charge is -2.18. The van der Waals surface area contributed by atoms with Crippen LogP contribution in [0, 0.1) is 5.92 Å². The lowest BCUT2D eigenvalue weighted by Crippen LogP contribution is -2.35. The summed E-state index contributed by atoms with van der Waals surface area (Å²) in [4.78, 5) is 17.0. The van der Waals surface area contributed by atoms with Gasteiger partial charge >= 0.3 is 0 Å². The van der Waals surface area contributed by atoms with E-state index in [1.165, 1.54) is 17.5 Å². The third-order valence-electron chi connectivity index (χ3n) is 5.16. The van der Waals surface area contributed by atoms with Gasteiger partial charge in [0.1, 0.15) is 11.8 Å². The molecule has 150 valence electrons. The number of ether oxygens (including phenoxy) is 1. The number of amides is 1. The van der Waals surface area contributed by atoms with Crippen LogP contribution in [-0.2, 0) is 17.6 Å². The molecular formula is C23H25N3O3. The minimum absolute atomic E-state index is 0.0539. The van der Waals surface area contributed by atoms with Crippen molar-refractivity contribution in [2.24, 2.45) is 5.92 Å². The molecule has 1 aromatic heterocycles. The van der Waals surface area contributed by atoms with Crippen LogP contribution in [0.2, 0.25) is 0 Å². The summed E-state index contributed by atoms with van der Waals surface area (Å²) in [6.07, 6.45) is 3.39. The smallest absolute Gasteiger partial charge is 0.258 e. The van der Waals surface area contributed by atoms with Crippen molar-refractivity contribution in [3.8, 4) is 17.1 Å². The van der Waals surface area contributed by atoms with E-state index < -0.39 is 0 Å². The fourth-order valence-corrected chi connectivity index (χ4v) is 3.58. The molecule has 0 spiro atoms. The van der Waals surface area contributed by atoms with E-state index in [1.54, 1.807) is 0 Å². The van der Waals surface area contributed by atoms with Crippen molar-refractivity contribution in [1.29, 1.82) is 0 Å². The lowest BCUT2D eigenvalue weighted by molar-refractivity contribution is -0.124. The van der Waals surface area contributed by atoms with Crippen molar-refractivity contribution < 1.29 is 14.1 Å². The SMILES string of the molecule is CC(C)[C@@H](NC(=O)COc1ccc2c(c1)CCC2)c1nc(-c2ccccc2)no1. The number of carbonyl (C=O) groups excluding carboxylic acids is 1. The zero-order valence-corrected chi connectivity index (χ0v) is 16.7. The second-order valence-electron chi connectivity index (χ2n) is 7.68. The van der Waals surface area contributed by atoms with Crippen LogP contribution in [0.3, 0.4) is 0 Å². The van der Waals surface area contributed by atoms with Crippen LogP contribution >= 0.6 is 0 Å². The molecule has 4 rings (SSSR count). The molecule has 6 nitrogen and oxygen atoms in total. The first kappa shape index (κ1) is 19.2. The molecular weight excluding hydrogens is 366 g/mol. The van der Waals surface area contributed by atoms with Gasteiger partial charge in [0.15, 0.2) is 6.61 Å². The van der Waals surface area contributed by atoms with Crippen LogP contribution in [-0.4, -0.2) is 22.7 Å². The van der Waals surface area contributed by atoms with Crippen LogP contribution in [0.25, 0.3) is 11.4 Å². The van der Waals surface area contributed by atoms with Gasteiger partial charge in [-0.25, -0.2) is 0 Å². The summed E-state index contributed by atoms with van der Waals surface area (Å²) >= 11 is 0. The summed E-state index contributed by atoms with van der Waals surface area (Å²) in [7, 11) is 0. The average molecular weight is 391 g/mol.